The van der Waals surface area contributed by atoms with Crippen molar-refractivity contribution in [3.63, 3.8) is 0 Å². The Kier molecular flexibility index (Phi) is 17.8. The molecule has 6 N–H and O–H groups in total. The van der Waals surface area contributed by atoms with E-state index in [2.05, 4.69) is 20.9 Å². The Morgan fingerprint density at radius 1 is 1.10 bits per heavy atom. The molecule has 0 radical (unpaired) electrons. The molecule has 0 saturated heterocycles. The fraction of sp³-hybridized carbons (Fsp3) is 0.538. The quantitative estimate of drug-likeness (QED) is 0.487. The third-order valence-corrected chi connectivity index (χ3v) is 3.45. The number of anilines is 2. The Balaban J connectivity index is -0.000000361. The Bertz CT molecular complexity index is 378. The number of benzene rings is 1. The van der Waals surface area contributed by atoms with Crippen LogP contribution in [-0.4, -0.2) is 43.2 Å². The molecule has 128 valence electrons. The molecule has 0 aliphatic carbocycles. The molecular formula is C13H28Cl3N3O2. The second-order valence-electron chi connectivity index (χ2n) is 4.62. The summed E-state index contributed by atoms with van der Waals surface area (Å²) in [4.78, 5) is 0. The van der Waals surface area contributed by atoms with Gasteiger partial charge in [0, 0.05) is 11.8 Å². The highest BCUT2D eigenvalue weighted by Crippen LogP contribution is 2.23. The molecule has 0 aliphatic rings. The first kappa shape index (κ1) is 28.6. The molecule has 0 aromatic heterocycles. The van der Waals surface area contributed by atoms with Crippen LogP contribution in [0.4, 0.5) is 11.4 Å². The monoisotopic (exact) mass is 363 g/mol. The smallest absolute Gasteiger partial charge is 0.144 e. The lowest BCUT2D eigenvalue weighted by molar-refractivity contribution is -0.906. The minimum Gasteiger partial charge on any atom is -1.00 e. The summed E-state index contributed by atoms with van der Waals surface area (Å²) in [6, 6.07) is 5.33. The molecule has 5 nitrogen and oxygen atoms in total. The summed E-state index contributed by atoms with van der Waals surface area (Å²) in [5.41, 5.74) is 12.8. The minimum absolute atomic E-state index is 0. The van der Waals surface area contributed by atoms with Crippen LogP contribution in [-0.2, 0) is 0 Å². The van der Waals surface area contributed by atoms with Crippen LogP contribution < -0.4 is 28.6 Å². The molecule has 0 aliphatic heterocycles. The van der Waals surface area contributed by atoms with Gasteiger partial charge in [-0.3, -0.25) is 0 Å². The number of quaternary nitrogens is 1. The topological polar surface area (TPSA) is 92.8 Å². The van der Waals surface area contributed by atoms with E-state index in [1.54, 1.807) is 18.2 Å². The molecule has 8 heteroatoms. The van der Waals surface area contributed by atoms with Crippen LogP contribution in [0.2, 0.25) is 0 Å². The van der Waals surface area contributed by atoms with E-state index in [4.69, 9.17) is 16.2 Å². The maximum Gasteiger partial charge on any atom is 0.144 e. The largest absolute Gasteiger partial charge is 1.00 e. The molecule has 0 amide bonds. The molecule has 0 spiro atoms. The Labute approximate surface area is 146 Å². The van der Waals surface area contributed by atoms with Crippen LogP contribution in [0.3, 0.4) is 0 Å². The van der Waals surface area contributed by atoms with E-state index in [1.807, 2.05) is 0 Å². The van der Waals surface area contributed by atoms with E-state index in [9.17, 15) is 0 Å². The van der Waals surface area contributed by atoms with Crippen molar-refractivity contribution in [3.05, 3.63) is 18.2 Å². The van der Waals surface area contributed by atoms with E-state index in [0.29, 0.717) is 23.7 Å². The highest BCUT2D eigenvalue weighted by molar-refractivity contribution is 5.85. The predicted octanol–water partition coefficient (Wildman–Crippen LogP) is -1.26. The van der Waals surface area contributed by atoms with Gasteiger partial charge in [-0.15, -0.1) is 24.8 Å². The van der Waals surface area contributed by atoms with Gasteiger partial charge in [0.05, 0.1) is 25.8 Å². The van der Waals surface area contributed by atoms with Crippen molar-refractivity contribution < 1.29 is 27.1 Å². The van der Waals surface area contributed by atoms with Crippen molar-refractivity contribution in [1.29, 1.82) is 0 Å². The maximum atomic E-state index is 5.82. The number of nitrogens with zero attached hydrogens (tertiary/aromatic N) is 1. The third-order valence-electron chi connectivity index (χ3n) is 3.45. The standard InChI is InChI=1S/C13H24N3O.3ClH.H2O/c1-4-16(3,5-2)8-9-17-13-10-11(14)6-7-12(13)15;;;;/h6-7,10H,4-5,8-9,14-15H2,1-3H3;3*1H;1H2/q+1;;;;/p-1. The average molecular weight is 365 g/mol. The summed E-state index contributed by atoms with van der Waals surface area (Å²) in [5, 5.41) is 0. The van der Waals surface area contributed by atoms with Crippen molar-refractivity contribution in [2.24, 2.45) is 0 Å². The van der Waals surface area contributed by atoms with E-state index < -0.39 is 0 Å². The number of rotatable bonds is 6. The zero-order chi connectivity index (χ0) is 12.9. The summed E-state index contributed by atoms with van der Waals surface area (Å²) >= 11 is 0. The second kappa shape index (κ2) is 13.1. The molecule has 0 saturated carbocycles. The van der Waals surface area contributed by atoms with Crippen LogP contribution in [0.25, 0.3) is 0 Å². The van der Waals surface area contributed by atoms with Crippen LogP contribution in [0.1, 0.15) is 13.8 Å². The summed E-state index contributed by atoms with van der Waals surface area (Å²) in [6.07, 6.45) is 0. The Morgan fingerprint density at radius 2 is 1.62 bits per heavy atom. The number of hydrogen-bond donors (Lipinski definition) is 2. The first-order chi connectivity index (χ1) is 8.00. The van der Waals surface area contributed by atoms with Crippen molar-refractivity contribution in [3.8, 4) is 5.75 Å². The van der Waals surface area contributed by atoms with Gasteiger partial charge in [-0.1, -0.05) is 0 Å². The maximum absolute atomic E-state index is 5.82. The summed E-state index contributed by atoms with van der Waals surface area (Å²) in [7, 11) is 2.23. The first-order valence-electron chi connectivity index (χ1n) is 6.12. The van der Waals surface area contributed by atoms with Gasteiger partial charge >= 0.3 is 0 Å². The molecule has 1 rings (SSSR count). The highest BCUT2D eigenvalue weighted by Gasteiger charge is 2.16. The number of ether oxygens (including phenoxy) is 1. The van der Waals surface area contributed by atoms with Crippen LogP contribution in [0.5, 0.6) is 5.75 Å². The molecule has 0 atom stereocenters. The normalized spacial score (nSPS) is 9.29. The number of halogens is 3. The molecule has 1 aromatic carbocycles. The summed E-state index contributed by atoms with van der Waals surface area (Å²) in [6.45, 7) is 8.22. The fourth-order valence-electron chi connectivity index (χ4n) is 1.59. The minimum atomic E-state index is 0. The molecule has 21 heavy (non-hydrogen) atoms. The lowest BCUT2D eigenvalue weighted by atomic mass is 10.2. The number of nitrogens with two attached hydrogens (primary N) is 2. The molecule has 0 heterocycles. The zero-order valence-electron chi connectivity index (χ0n) is 12.8. The average Bonchev–Trinajstić information content (AvgIpc) is 2.33. The summed E-state index contributed by atoms with van der Waals surface area (Å²) < 4.78 is 6.70. The van der Waals surface area contributed by atoms with Crippen LogP contribution >= 0.6 is 24.8 Å². The van der Waals surface area contributed by atoms with Crippen molar-refractivity contribution in [2.45, 2.75) is 13.8 Å². The lowest BCUT2D eigenvalue weighted by Crippen LogP contribution is -3.00. The zero-order valence-corrected chi connectivity index (χ0v) is 15.2. The van der Waals surface area contributed by atoms with Gasteiger partial charge in [0.15, 0.2) is 0 Å². The molecular weight excluding hydrogens is 337 g/mol. The van der Waals surface area contributed by atoms with Crippen LogP contribution in [0.15, 0.2) is 18.2 Å². The lowest BCUT2D eigenvalue weighted by Gasteiger charge is -2.31. The van der Waals surface area contributed by atoms with Gasteiger partial charge in [0.1, 0.15) is 18.9 Å². The first-order valence-corrected chi connectivity index (χ1v) is 6.12. The van der Waals surface area contributed by atoms with E-state index in [0.717, 1.165) is 24.1 Å². The van der Waals surface area contributed by atoms with E-state index >= 15 is 0 Å². The highest BCUT2D eigenvalue weighted by atomic mass is 35.5. The number of nitrogen functional groups attached to an aromatic ring is 2. The van der Waals surface area contributed by atoms with Crippen molar-refractivity contribution in [2.75, 3.05) is 44.8 Å². The van der Waals surface area contributed by atoms with Gasteiger partial charge in [0.25, 0.3) is 0 Å². The Hall–Kier alpha value is -0.590. The number of likely N-dealkylation sites (N-methyl/N-ethyl adjacent to an activating group) is 1. The summed E-state index contributed by atoms with van der Waals surface area (Å²) in [5.74, 6) is 0.684. The molecule has 0 bridgehead atoms. The van der Waals surface area contributed by atoms with E-state index in [-0.39, 0.29) is 42.7 Å². The number of hydrogen-bond acceptors (Lipinski definition) is 3. The van der Waals surface area contributed by atoms with Crippen LogP contribution in [0, 0.1) is 0 Å². The van der Waals surface area contributed by atoms with Crippen molar-refractivity contribution >= 4 is 36.2 Å². The van der Waals surface area contributed by atoms with E-state index in [1.165, 1.54) is 0 Å². The van der Waals surface area contributed by atoms with Gasteiger partial charge in [0.2, 0.25) is 0 Å². The fourth-order valence-corrected chi connectivity index (χ4v) is 1.59. The molecule has 0 unspecified atom stereocenters. The van der Waals surface area contributed by atoms with Gasteiger partial charge < -0.3 is 38.6 Å². The molecule has 1 aromatic rings. The second-order valence-corrected chi connectivity index (χ2v) is 4.62. The third kappa shape index (κ3) is 9.11. The van der Waals surface area contributed by atoms with Gasteiger partial charge in [-0.05, 0) is 26.0 Å². The Morgan fingerprint density at radius 3 is 2.10 bits per heavy atom. The SMILES string of the molecule is CC[N+](C)(CC)CCOc1cc(N)ccc1N.Cl.Cl.O.[Cl-]. The van der Waals surface area contributed by atoms with Gasteiger partial charge in [-0.2, -0.15) is 0 Å². The van der Waals surface area contributed by atoms with Gasteiger partial charge in [-0.25, -0.2) is 0 Å². The van der Waals surface area contributed by atoms with Crippen molar-refractivity contribution in [1.82, 2.24) is 0 Å². The molecule has 0 fully saturated rings. The predicted molar refractivity (Wildman–Crippen MR) is 91.0 cm³/mol.